The van der Waals surface area contributed by atoms with E-state index in [0.717, 1.165) is 32.1 Å². The van der Waals surface area contributed by atoms with Crippen LogP contribution < -0.4 is 0 Å². The van der Waals surface area contributed by atoms with Gasteiger partial charge < -0.3 is 14.9 Å². The zero-order valence-corrected chi connectivity index (χ0v) is 16.5. The number of aliphatic hydroxyl groups is 2. The Kier molecular flexibility index (Phi) is 4.13. The van der Waals surface area contributed by atoms with Crippen LogP contribution >= 0.6 is 0 Å². The number of carbonyl (C=O) groups is 1. The van der Waals surface area contributed by atoms with Crippen molar-refractivity contribution in [1.82, 2.24) is 0 Å². The monoisotopic (exact) mass is 362 g/mol. The number of hydrogen-bond donors (Lipinski definition) is 2. The van der Waals surface area contributed by atoms with Crippen LogP contribution in [0.3, 0.4) is 0 Å². The molecular formula is C22H34O4. The van der Waals surface area contributed by atoms with E-state index >= 15 is 0 Å². The minimum Gasteiger partial charge on any atom is -0.462 e. The molecule has 0 radical (unpaired) electrons. The van der Waals surface area contributed by atoms with Gasteiger partial charge in [0.05, 0.1) is 12.7 Å². The molecule has 1 spiro atoms. The van der Waals surface area contributed by atoms with Crippen LogP contribution in [-0.4, -0.2) is 35.0 Å². The Hall–Kier alpha value is -0.870. The van der Waals surface area contributed by atoms with Crippen molar-refractivity contribution in [2.24, 2.45) is 34.0 Å². The molecule has 4 rings (SSSR count). The van der Waals surface area contributed by atoms with Crippen LogP contribution in [0.4, 0.5) is 0 Å². The quantitative estimate of drug-likeness (QED) is 0.583. The molecule has 2 N–H and O–H groups in total. The zero-order valence-electron chi connectivity index (χ0n) is 16.5. The third kappa shape index (κ3) is 2.24. The van der Waals surface area contributed by atoms with Crippen LogP contribution in [0.5, 0.6) is 0 Å². The molecule has 0 aromatic carbocycles. The molecule has 0 aromatic rings. The SMILES string of the molecule is C=C1C[C@]23C[C@H]1CC[C@H]2[C@]1(C)CC[C@@H](OC(C)=O)[C@](C)(CO)[C@H]1C[C@@H]3O. The first kappa shape index (κ1) is 18.5. The molecule has 146 valence electrons. The van der Waals surface area contributed by atoms with Crippen molar-refractivity contribution in [2.75, 3.05) is 6.61 Å². The number of ether oxygens (including phenoxy) is 1. The molecule has 4 aliphatic rings. The smallest absolute Gasteiger partial charge is 0.302 e. The van der Waals surface area contributed by atoms with Crippen molar-refractivity contribution < 1.29 is 19.7 Å². The molecule has 0 aromatic heterocycles. The van der Waals surface area contributed by atoms with Gasteiger partial charge in [-0.15, -0.1) is 0 Å². The van der Waals surface area contributed by atoms with Crippen molar-refractivity contribution >= 4 is 5.97 Å². The van der Waals surface area contributed by atoms with Crippen molar-refractivity contribution in [3.63, 3.8) is 0 Å². The second kappa shape index (κ2) is 5.81. The number of allylic oxidation sites excluding steroid dienone is 1. The third-order valence-electron chi connectivity index (χ3n) is 9.10. The Morgan fingerprint density at radius 2 is 2.00 bits per heavy atom. The van der Waals surface area contributed by atoms with Gasteiger partial charge in [0.15, 0.2) is 0 Å². The Bertz CT molecular complexity index is 630. The first-order valence-corrected chi connectivity index (χ1v) is 10.3. The van der Waals surface area contributed by atoms with Gasteiger partial charge in [-0.25, -0.2) is 0 Å². The van der Waals surface area contributed by atoms with Crippen molar-refractivity contribution in [2.45, 2.75) is 77.9 Å². The molecule has 4 saturated carbocycles. The van der Waals surface area contributed by atoms with E-state index in [2.05, 4.69) is 20.4 Å². The Balaban J connectivity index is 1.73. The highest BCUT2D eigenvalue weighted by Gasteiger charge is 2.68. The van der Waals surface area contributed by atoms with Gasteiger partial charge in [0, 0.05) is 17.8 Å². The Morgan fingerprint density at radius 1 is 1.27 bits per heavy atom. The van der Waals surface area contributed by atoms with E-state index in [1.165, 1.54) is 18.9 Å². The van der Waals surface area contributed by atoms with E-state index in [0.29, 0.717) is 18.3 Å². The normalized spacial score (nSPS) is 53.0. The lowest BCUT2D eigenvalue weighted by Gasteiger charge is -2.66. The molecule has 4 heteroatoms. The standard InChI is InChI=1S/C22H34O4/c1-13-10-22-11-15(13)5-6-16(22)20(3)8-7-19(26-14(2)24)21(4,12-23)17(20)9-18(22)25/h15-19,23,25H,1,5-12H2,2-4H3/t15-,16+,17+,18+,19-,20+,21-,22+/m1/s1. The van der Waals surface area contributed by atoms with Crippen LogP contribution in [0.25, 0.3) is 0 Å². The lowest BCUT2D eigenvalue weighted by atomic mass is 9.40. The van der Waals surface area contributed by atoms with E-state index in [4.69, 9.17) is 4.74 Å². The molecule has 26 heavy (non-hydrogen) atoms. The fourth-order valence-corrected chi connectivity index (χ4v) is 7.88. The maximum atomic E-state index is 11.6. The Labute approximate surface area is 157 Å². The molecule has 0 saturated heterocycles. The van der Waals surface area contributed by atoms with Crippen LogP contribution in [0.15, 0.2) is 12.2 Å². The van der Waals surface area contributed by atoms with E-state index in [1.807, 2.05) is 0 Å². The Morgan fingerprint density at radius 3 is 2.65 bits per heavy atom. The number of aliphatic hydroxyl groups excluding tert-OH is 2. The number of hydrogen-bond acceptors (Lipinski definition) is 4. The third-order valence-corrected chi connectivity index (χ3v) is 9.10. The molecule has 4 fully saturated rings. The second-order valence-corrected chi connectivity index (χ2v) is 10.2. The summed E-state index contributed by atoms with van der Waals surface area (Å²) in [6.45, 7) is 10.2. The lowest BCUT2D eigenvalue weighted by molar-refractivity contribution is -0.235. The van der Waals surface area contributed by atoms with Crippen molar-refractivity contribution in [1.29, 1.82) is 0 Å². The predicted octanol–water partition coefficient (Wildman–Crippen LogP) is 3.46. The summed E-state index contributed by atoms with van der Waals surface area (Å²) in [6, 6.07) is 0. The maximum absolute atomic E-state index is 11.6. The van der Waals surface area contributed by atoms with Gasteiger partial charge in [-0.2, -0.15) is 0 Å². The summed E-state index contributed by atoms with van der Waals surface area (Å²) in [6.07, 6.45) is 6.27. The summed E-state index contributed by atoms with van der Waals surface area (Å²) in [5.74, 6) is 0.930. The molecule has 0 aliphatic heterocycles. The fraction of sp³-hybridized carbons (Fsp3) is 0.864. The largest absolute Gasteiger partial charge is 0.462 e. The highest BCUT2D eigenvalue weighted by molar-refractivity contribution is 5.66. The minimum absolute atomic E-state index is 0.00697. The molecular weight excluding hydrogens is 328 g/mol. The first-order valence-electron chi connectivity index (χ1n) is 10.3. The van der Waals surface area contributed by atoms with Crippen molar-refractivity contribution in [3.8, 4) is 0 Å². The first-order chi connectivity index (χ1) is 12.2. The van der Waals surface area contributed by atoms with E-state index in [1.54, 1.807) is 0 Å². The second-order valence-electron chi connectivity index (χ2n) is 10.2. The molecule has 0 heterocycles. The van der Waals surface area contributed by atoms with Crippen molar-refractivity contribution in [3.05, 3.63) is 12.2 Å². The average molecular weight is 363 g/mol. The molecule has 4 nitrogen and oxygen atoms in total. The van der Waals surface area contributed by atoms with Gasteiger partial charge in [0.1, 0.15) is 6.10 Å². The summed E-state index contributed by atoms with van der Waals surface area (Å²) in [7, 11) is 0. The van der Waals surface area contributed by atoms with E-state index in [-0.39, 0.29) is 41.5 Å². The predicted molar refractivity (Wildman–Crippen MR) is 99.2 cm³/mol. The summed E-state index contributed by atoms with van der Waals surface area (Å²) >= 11 is 0. The molecule has 0 unspecified atom stereocenters. The van der Waals surface area contributed by atoms with Crippen LogP contribution in [0.1, 0.15) is 65.7 Å². The molecule has 2 bridgehead atoms. The zero-order chi connectivity index (χ0) is 18.9. The summed E-state index contributed by atoms with van der Waals surface area (Å²) in [4.78, 5) is 11.6. The van der Waals surface area contributed by atoms with Gasteiger partial charge in [-0.3, -0.25) is 4.79 Å². The van der Waals surface area contributed by atoms with Crippen LogP contribution in [-0.2, 0) is 9.53 Å². The van der Waals surface area contributed by atoms with Gasteiger partial charge in [0.25, 0.3) is 0 Å². The van der Waals surface area contributed by atoms with Gasteiger partial charge in [-0.1, -0.05) is 26.0 Å². The van der Waals surface area contributed by atoms with Crippen LogP contribution in [0, 0.1) is 34.0 Å². The number of carbonyl (C=O) groups excluding carboxylic acids is 1. The fourth-order valence-electron chi connectivity index (χ4n) is 7.88. The topological polar surface area (TPSA) is 66.8 Å². The van der Waals surface area contributed by atoms with Gasteiger partial charge in [-0.05, 0) is 68.1 Å². The number of rotatable bonds is 2. The van der Waals surface area contributed by atoms with E-state index in [9.17, 15) is 15.0 Å². The molecule has 4 aliphatic carbocycles. The highest BCUT2D eigenvalue weighted by atomic mass is 16.5. The molecule has 8 atom stereocenters. The minimum atomic E-state index is -0.492. The summed E-state index contributed by atoms with van der Waals surface area (Å²) in [5, 5.41) is 21.7. The average Bonchev–Trinajstić information content (AvgIpc) is 2.84. The summed E-state index contributed by atoms with van der Waals surface area (Å²) in [5.41, 5.74) is 0.902. The van der Waals surface area contributed by atoms with Gasteiger partial charge >= 0.3 is 5.97 Å². The number of fused-ring (bicyclic) bond motifs is 3. The molecule has 0 amide bonds. The van der Waals surface area contributed by atoms with E-state index < -0.39 is 5.41 Å². The summed E-state index contributed by atoms with van der Waals surface area (Å²) < 4.78 is 5.65. The highest BCUT2D eigenvalue weighted by Crippen LogP contribution is 2.72. The lowest BCUT2D eigenvalue weighted by Crippen LogP contribution is -2.65. The number of esters is 1. The maximum Gasteiger partial charge on any atom is 0.302 e. The van der Waals surface area contributed by atoms with Gasteiger partial charge in [0.2, 0.25) is 0 Å². The van der Waals surface area contributed by atoms with Crippen LogP contribution in [0.2, 0.25) is 0 Å².